The molecule has 2 aliphatic rings. The average molecular weight is 360 g/mol. The Bertz CT molecular complexity index is 593. The molecule has 1 saturated heterocycles. The van der Waals surface area contributed by atoms with Crippen LogP contribution in [0.2, 0.25) is 0 Å². The zero-order valence-corrected chi connectivity index (χ0v) is 16.2. The van der Waals surface area contributed by atoms with Crippen LogP contribution in [0.1, 0.15) is 44.7 Å². The predicted molar refractivity (Wildman–Crippen MR) is 102 cm³/mol. The number of hydrogen-bond acceptors (Lipinski definition) is 4. The van der Waals surface area contributed by atoms with Gasteiger partial charge in [0, 0.05) is 26.2 Å². The monoisotopic (exact) mass is 360 g/mol. The van der Waals surface area contributed by atoms with E-state index in [2.05, 4.69) is 42.3 Å². The molecule has 2 fully saturated rings. The highest BCUT2D eigenvalue weighted by molar-refractivity contribution is 5.80. The smallest absolute Gasteiger partial charge is 0.249 e. The molecule has 1 heterocycles. The van der Waals surface area contributed by atoms with Crippen molar-refractivity contribution >= 4 is 5.91 Å². The maximum Gasteiger partial charge on any atom is 0.249 e. The second-order valence-corrected chi connectivity index (χ2v) is 7.86. The first kappa shape index (κ1) is 19.3. The number of nitrogens with zero attached hydrogens (tertiary/aromatic N) is 1. The van der Waals surface area contributed by atoms with E-state index in [0.29, 0.717) is 19.1 Å². The molecule has 1 amide bonds. The summed E-state index contributed by atoms with van der Waals surface area (Å²) in [4.78, 5) is 14.7. The van der Waals surface area contributed by atoms with Gasteiger partial charge in [-0.1, -0.05) is 24.3 Å². The zero-order chi connectivity index (χ0) is 18.5. The van der Waals surface area contributed by atoms with Crippen molar-refractivity contribution in [2.45, 2.75) is 65.0 Å². The highest BCUT2D eigenvalue weighted by Crippen LogP contribution is 2.29. The lowest BCUT2D eigenvalue weighted by Gasteiger charge is -2.35. The van der Waals surface area contributed by atoms with E-state index in [9.17, 15) is 4.79 Å². The van der Waals surface area contributed by atoms with Gasteiger partial charge < -0.3 is 14.8 Å². The molecular weight excluding hydrogens is 328 g/mol. The highest BCUT2D eigenvalue weighted by atomic mass is 16.5. The summed E-state index contributed by atoms with van der Waals surface area (Å²) in [7, 11) is 0. The van der Waals surface area contributed by atoms with Crippen LogP contribution >= 0.6 is 0 Å². The lowest BCUT2D eigenvalue weighted by atomic mass is 10.1. The molecule has 0 spiro atoms. The fourth-order valence-electron chi connectivity index (χ4n) is 3.51. The molecule has 1 aromatic carbocycles. The second kappa shape index (κ2) is 8.98. The number of hydrogen-bond donors (Lipinski definition) is 1. The van der Waals surface area contributed by atoms with Gasteiger partial charge in [0.05, 0.1) is 18.8 Å². The largest absolute Gasteiger partial charge is 0.373 e. The molecule has 3 atom stereocenters. The van der Waals surface area contributed by atoms with Crippen LogP contribution in [0.25, 0.3) is 0 Å². The van der Waals surface area contributed by atoms with Gasteiger partial charge in [0.2, 0.25) is 5.91 Å². The first-order valence-electron chi connectivity index (χ1n) is 9.85. The maximum absolute atomic E-state index is 12.3. The molecule has 0 radical (unpaired) electrons. The van der Waals surface area contributed by atoms with Gasteiger partial charge in [-0.05, 0) is 50.7 Å². The predicted octanol–water partition coefficient (Wildman–Crippen LogP) is 2.73. The number of rotatable bonds is 8. The average Bonchev–Trinajstić information content (AvgIpc) is 3.42. The van der Waals surface area contributed by atoms with E-state index in [1.807, 2.05) is 13.0 Å². The van der Waals surface area contributed by atoms with Crippen LogP contribution in [-0.4, -0.2) is 48.8 Å². The van der Waals surface area contributed by atoms with Crippen LogP contribution in [-0.2, 0) is 27.4 Å². The molecule has 26 heavy (non-hydrogen) atoms. The summed E-state index contributed by atoms with van der Waals surface area (Å²) in [6.07, 6.45) is 2.61. The van der Waals surface area contributed by atoms with Crippen molar-refractivity contribution in [1.29, 1.82) is 0 Å². The Labute approximate surface area is 157 Å². The van der Waals surface area contributed by atoms with Crippen LogP contribution in [0.3, 0.4) is 0 Å². The van der Waals surface area contributed by atoms with E-state index < -0.39 is 0 Å². The van der Waals surface area contributed by atoms with E-state index in [1.54, 1.807) is 0 Å². The summed E-state index contributed by atoms with van der Waals surface area (Å²) in [5.74, 6) is 0.637. The summed E-state index contributed by atoms with van der Waals surface area (Å²) in [6, 6.07) is 8.34. The number of amides is 1. The SMILES string of the molecule is C[C@@H]1CN(Cc2ccccc2CNC(=O)[C@@H](C)OCC2CC2)C[C@H](C)O1. The van der Waals surface area contributed by atoms with Gasteiger partial charge in [-0.15, -0.1) is 0 Å². The molecule has 3 rings (SSSR count). The van der Waals surface area contributed by atoms with Gasteiger partial charge in [-0.2, -0.15) is 0 Å². The molecule has 1 aliphatic heterocycles. The van der Waals surface area contributed by atoms with Gasteiger partial charge in [-0.25, -0.2) is 0 Å². The molecule has 5 nitrogen and oxygen atoms in total. The van der Waals surface area contributed by atoms with E-state index in [0.717, 1.165) is 19.6 Å². The summed E-state index contributed by atoms with van der Waals surface area (Å²) in [6.45, 7) is 10.1. The Balaban J connectivity index is 1.52. The quantitative estimate of drug-likeness (QED) is 0.774. The van der Waals surface area contributed by atoms with Crippen LogP contribution in [0.5, 0.6) is 0 Å². The van der Waals surface area contributed by atoms with Gasteiger partial charge in [0.25, 0.3) is 0 Å². The van der Waals surface area contributed by atoms with Crippen molar-refractivity contribution in [1.82, 2.24) is 10.2 Å². The number of morpholine rings is 1. The molecule has 1 aliphatic carbocycles. The molecule has 0 aromatic heterocycles. The van der Waals surface area contributed by atoms with Crippen LogP contribution in [0.15, 0.2) is 24.3 Å². The van der Waals surface area contributed by atoms with Gasteiger partial charge >= 0.3 is 0 Å². The van der Waals surface area contributed by atoms with E-state index >= 15 is 0 Å². The van der Waals surface area contributed by atoms with Gasteiger partial charge in [0.15, 0.2) is 0 Å². The second-order valence-electron chi connectivity index (χ2n) is 7.86. The Kier molecular flexibility index (Phi) is 6.68. The molecule has 1 N–H and O–H groups in total. The normalized spacial score (nSPS) is 25.0. The van der Waals surface area contributed by atoms with Crippen molar-refractivity contribution in [2.75, 3.05) is 19.7 Å². The third kappa shape index (κ3) is 5.79. The third-order valence-electron chi connectivity index (χ3n) is 5.11. The molecule has 0 unspecified atom stereocenters. The van der Waals surface area contributed by atoms with Gasteiger partial charge in [0.1, 0.15) is 6.10 Å². The molecule has 0 bridgehead atoms. The zero-order valence-electron chi connectivity index (χ0n) is 16.2. The Morgan fingerprint density at radius 3 is 2.54 bits per heavy atom. The molecule has 1 aromatic rings. The molecule has 1 saturated carbocycles. The minimum Gasteiger partial charge on any atom is -0.373 e. The minimum absolute atomic E-state index is 0.0333. The number of benzene rings is 1. The van der Waals surface area contributed by atoms with Crippen LogP contribution in [0, 0.1) is 5.92 Å². The third-order valence-corrected chi connectivity index (χ3v) is 5.11. The number of ether oxygens (including phenoxy) is 2. The fraction of sp³-hybridized carbons (Fsp3) is 0.667. The Morgan fingerprint density at radius 2 is 1.88 bits per heavy atom. The lowest BCUT2D eigenvalue weighted by Crippen LogP contribution is -2.45. The molecular formula is C21H32N2O3. The minimum atomic E-state index is -0.385. The summed E-state index contributed by atoms with van der Waals surface area (Å²) in [5.41, 5.74) is 2.43. The van der Waals surface area contributed by atoms with Crippen molar-refractivity contribution in [3.63, 3.8) is 0 Å². The molecule has 5 heteroatoms. The topological polar surface area (TPSA) is 50.8 Å². The van der Waals surface area contributed by atoms with E-state index in [4.69, 9.17) is 9.47 Å². The number of nitrogens with one attached hydrogen (secondary N) is 1. The lowest BCUT2D eigenvalue weighted by molar-refractivity contribution is -0.132. The molecule has 144 valence electrons. The Morgan fingerprint density at radius 1 is 1.23 bits per heavy atom. The van der Waals surface area contributed by atoms with E-state index in [1.165, 1.54) is 24.0 Å². The van der Waals surface area contributed by atoms with Crippen molar-refractivity contribution in [3.8, 4) is 0 Å². The standard InChI is InChI=1S/C21H32N2O3/c1-15-11-23(12-16(2)26-15)13-20-7-5-4-6-19(20)10-22-21(24)17(3)25-14-18-8-9-18/h4-7,15-18H,8-14H2,1-3H3,(H,22,24)/t15-,16+,17-/m1/s1. The summed E-state index contributed by atoms with van der Waals surface area (Å²) < 4.78 is 11.5. The Hall–Kier alpha value is -1.43. The van der Waals surface area contributed by atoms with Gasteiger partial charge in [-0.3, -0.25) is 9.69 Å². The first-order chi connectivity index (χ1) is 12.5. The van der Waals surface area contributed by atoms with Crippen molar-refractivity contribution in [2.24, 2.45) is 5.92 Å². The summed E-state index contributed by atoms with van der Waals surface area (Å²) >= 11 is 0. The van der Waals surface area contributed by atoms with Crippen molar-refractivity contribution < 1.29 is 14.3 Å². The fourth-order valence-corrected chi connectivity index (χ4v) is 3.51. The van der Waals surface area contributed by atoms with Crippen LogP contribution < -0.4 is 5.32 Å². The number of carbonyl (C=O) groups is 1. The van der Waals surface area contributed by atoms with E-state index in [-0.39, 0.29) is 24.2 Å². The van der Waals surface area contributed by atoms with Crippen molar-refractivity contribution in [3.05, 3.63) is 35.4 Å². The summed E-state index contributed by atoms with van der Waals surface area (Å²) in [5, 5.41) is 3.03. The number of carbonyl (C=O) groups excluding carboxylic acids is 1. The first-order valence-corrected chi connectivity index (χ1v) is 9.85. The van der Waals surface area contributed by atoms with Crippen LogP contribution in [0.4, 0.5) is 0 Å². The highest BCUT2D eigenvalue weighted by Gasteiger charge is 2.24. The maximum atomic E-state index is 12.3.